The van der Waals surface area contributed by atoms with E-state index in [-0.39, 0.29) is 6.61 Å². The monoisotopic (exact) mass is 367 g/mol. The molecule has 144 valence electrons. The zero-order chi connectivity index (χ0) is 19.7. The minimum Gasteiger partial charge on any atom is -0.467 e. The highest BCUT2D eigenvalue weighted by atomic mass is 16.6. The predicted molar refractivity (Wildman–Crippen MR) is 92.2 cm³/mol. The van der Waals surface area contributed by atoms with E-state index in [9.17, 15) is 14.4 Å². The third kappa shape index (κ3) is 7.10. The van der Waals surface area contributed by atoms with Crippen LogP contribution in [0.1, 0.15) is 26.3 Å². The first kappa shape index (κ1) is 21.4. The number of carbonyl (C=O) groups is 3. The minimum atomic E-state index is -1.42. The van der Waals surface area contributed by atoms with Gasteiger partial charge in [0, 0.05) is 0 Å². The number of methoxy groups -OCH3 is 2. The third-order valence-electron chi connectivity index (χ3n) is 3.14. The third-order valence-corrected chi connectivity index (χ3v) is 3.14. The molecule has 1 amide bonds. The molecule has 0 saturated carbocycles. The van der Waals surface area contributed by atoms with Crippen LogP contribution in [0.25, 0.3) is 0 Å². The Balaban J connectivity index is 2.96. The van der Waals surface area contributed by atoms with Crippen LogP contribution in [0.3, 0.4) is 0 Å². The van der Waals surface area contributed by atoms with Gasteiger partial charge in [-0.3, -0.25) is 0 Å². The minimum absolute atomic E-state index is 0.0318. The number of hydrogen-bond acceptors (Lipinski definition) is 7. The summed E-state index contributed by atoms with van der Waals surface area (Å²) >= 11 is 0. The molecule has 0 unspecified atom stereocenters. The van der Waals surface area contributed by atoms with Crippen LogP contribution < -0.4 is 5.32 Å². The van der Waals surface area contributed by atoms with Crippen molar-refractivity contribution in [2.24, 2.45) is 0 Å². The van der Waals surface area contributed by atoms with Crippen molar-refractivity contribution in [1.29, 1.82) is 0 Å². The molecule has 1 N–H and O–H groups in total. The molecule has 0 bridgehead atoms. The standard InChI is InChI=1S/C18H25NO7/c1-18(2,3)26-17(22)19-13(15(20)23-4)14(16(21)24-5)25-11-12-9-7-6-8-10-12/h6-10,13-14H,11H2,1-5H3,(H,19,22)/t13-,14-/m1/s1. The van der Waals surface area contributed by atoms with Gasteiger partial charge in [0.05, 0.1) is 20.8 Å². The molecule has 1 aromatic carbocycles. The molecule has 0 fully saturated rings. The van der Waals surface area contributed by atoms with E-state index in [0.29, 0.717) is 0 Å². The van der Waals surface area contributed by atoms with E-state index in [2.05, 4.69) is 10.1 Å². The Morgan fingerprint density at radius 3 is 2.08 bits per heavy atom. The lowest BCUT2D eigenvalue weighted by molar-refractivity contribution is -0.165. The van der Waals surface area contributed by atoms with E-state index in [0.717, 1.165) is 19.8 Å². The number of nitrogens with one attached hydrogen (secondary N) is 1. The highest BCUT2D eigenvalue weighted by Gasteiger charge is 2.38. The van der Waals surface area contributed by atoms with Gasteiger partial charge in [-0.15, -0.1) is 0 Å². The van der Waals surface area contributed by atoms with Gasteiger partial charge in [0.1, 0.15) is 5.60 Å². The second-order valence-corrected chi connectivity index (χ2v) is 6.39. The molecule has 8 heteroatoms. The fourth-order valence-corrected chi connectivity index (χ4v) is 2.00. The number of benzene rings is 1. The summed E-state index contributed by atoms with van der Waals surface area (Å²) in [6.07, 6.45) is -2.29. The van der Waals surface area contributed by atoms with Crippen LogP contribution in [-0.2, 0) is 35.1 Å². The lowest BCUT2D eigenvalue weighted by Crippen LogP contribution is -2.54. The molecule has 1 aromatic rings. The Hall–Kier alpha value is -2.61. The van der Waals surface area contributed by atoms with E-state index < -0.39 is 35.8 Å². The molecule has 2 atom stereocenters. The maximum atomic E-state index is 12.1. The van der Waals surface area contributed by atoms with Crippen LogP contribution in [0.2, 0.25) is 0 Å². The summed E-state index contributed by atoms with van der Waals surface area (Å²) in [5.41, 5.74) is -0.00144. The number of alkyl carbamates (subject to hydrolysis) is 1. The fraction of sp³-hybridized carbons (Fsp3) is 0.500. The Labute approximate surface area is 152 Å². The van der Waals surface area contributed by atoms with Gasteiger partial charge in [-0.2, -0.15) is 0 Å². The average molecular weight is 367 g/mol. The van der Waals surface area contributed by atoms with Crippen LogP contribution in [0.5, 0.6) is 0 Å². The Morgan fingerprint density at radius 2 is 1.58 bits per heavy atom. The molecule has 0 spiro atoms. The second-order valence-electron chi connectivity index (χ2n) is 6.39. The van der Waals surface area contributed by atoms with Crippen molar-refractivity contribution in [3.8, 4) is 0 Å². The maximum Gasteiger partial charge on any atom is 0.408 e. The second kappa shape index (κ2) is 9.76. The molecule has 0 radical (unpaired) electrons. The molecule has 0 heterocycles. The number of esters is 2. The van der Waals surface area contributed by atoms with E-state index in [1.807, 2.05) is 18.2 Å². The number of hydrogen-bond donors (Lipinski definition) is 1. The Morgan fingerprint density at radius 1 is 1.00 bits per heavy atom. The van der Waals surface area contributed by atoms with E-state index >= 15 is 0 Å². The maximum absolute atomic E-state index is 12.1. The number of amides is 1. The molecule has 1 rings (SSSR count). The van der Waals surface area contributed by atoms with Gasteiger partial charge < -0.3 is 24.3 Å². The van der Waals surface area contributed by atoms with Crippen molar-refractivity contribution >= 4 is 18.0 Å². The molecular formula is C18H25NO7. The van der Waals surface area contributed by atoms with E-state index in [1.54, 1.807) is 32.9 Å². The summed E-state index contributed by atoms with van der Waals surface area (Å²) < 4.78 is 20.0. The SMILES string of the molecule is COC(=O)[C@H](NC(=O)OC(C)(C)C)[C@@H](OCc1ccccc1)C(=O)OC. The Kier molecular flexibility index (Phi) is 8.05. The lowest BCUT2D eigenvalue weighted by atomic mass is 10.1. The summed E-state index contributed by atoms with van der Waals surface area (Å²) in [5, 5.41) is 2.31. The van der Waals surface area contributed by atoms with Crippen LogP contribution >= 0.6 is 0 Å². The summed E-state index contributed by atoms with van der Waals surface area (Å²) in [6, 6.07) is 7.62. The van der Waals surface area contributed by atoms with Gasteiger partial charge >= 0.3 is 18.0 Å². The van der Waals surface area contributed by atoms with Gasteiger partial charge in [-0.25, -0.2) is 14.4 Å². The van der Waals surface area contributed by atoms with Crippen molar-refractivity contribution in [2.75, 3.05) is 14.2 Å². The van der Waals surface area contributed by atoms with Gasteiger partial charge in [0.15, 0.2) is 12.1 Å². The first-order chi connectivity index (χ1) is 12.2. The highest BCUT2D eigenvalue weighted by Crippen LogP contribution is 2.12. The van der Waals surface area contributed by atoms with Crippen LogP contribution in [0.4, 0.5) is 4.79 Å². The molecule has 26 heavy (non-hydrogen) atoms. The summed E-state index contributed by atoms with van der Waals surface area (Å²) in [6.45, 7) is 5.04. The van der Waals surface area contributed by atoms with Gasteiger partial charge in [0.25, 0.3) is 0 Å². The van der Waals surface area contributed by atoms with E-state index in [1.165, 1.54) is 0 Å². The fourth-order valence-electron chi connectivity index (χ4n) is 2.00. The van der Waals surface area contributed by atoms with Gasteiger partial charge in [0.2, 0.25) is 0 Å². The number of rotatable bonds is 7. The molecule has 0 aliphatic rings. The molecule has 0 aliphatic carbocycles. The lowest BCUT2D eigenvalue weighted by Gasteiger charge is -2.26. The molecule has 0 saturated heterocycles. The van der Waals surface area contributed by atoms with Crippen molar-refractivity contribution in [3.63, 3.8) is 0 Å². The summed E-state index contributed by atoms with van der Waals surface area (Å²) in [4.78, 5) is 36.3. The van der Waals surface area contributed by atoms with Gasteiger partial charge in [-0.1, -0.05) is 30.3 Å². The predicted octanol–water partition coefficient (Wildman–Crippen LogP) is 1.81. The van der Waals surface area contributed by atoms with Crippen LogP contribution in [0.15, 0.2) is 30.3 Å². The number of carbonyl (C=O) groups excluding carboxylic acids is 3. The average Bonchev–Trinajstić information content (AvgIpc) is 2.59. The van der Waals surface area contributed by atoms with Crippen LogP contribution in [0, 0.1) is 0 Å². The van der Waals surface area contributed by atoms with Gasteiger partial charge in [-0.05, 0) is 26.3 Å². The zero-order valence-corrected chi connectivity index (χ0v) is 15.6. The molecule has 8 nitrogen and oxygen atoms in total. The quantitative estimate of drug-likeness (QED) is 0.579. The first-order valence-corrected chi connectivity index (χ1v) is 7.98. The zero-order valence-electron chi connectivity index (χ0n) is 15.6. The highest BCUT2D eigenvalue weighted by molar-refractivity contribution is 5.89. The topological polar surface area (TPSA) is 100 Å². The van der Waals surface area contributed by atoms with E-state index in [4.69, 9.17) is 14.2 Å². The number of ether oxygens (including phenoxy) is 4. The molecular weight excluding hydrogens is 342 g/mol. The van der Waals surface area contributed by atoms with Crippen molar-refractivity contribution in [3.05, 3.63) is 35.9 Å². The summed E-state index contributed by atoms with van der Waals surface area (Å²) in [7, 11) is 2.29. The van der Waals surface area contributed by atoms with Crippen molar-refractivity contribution in [1.82, 2.24) is 5.32 Å². The first-order valence-electron chi connectivity index (χ1n) is 7.98. The largest absolute Gasteiger partial charge is 0.467 e. The normalized spacial score (nSPS) is 13.3. The molecule has 0 aliphatic heterocycles. The van der Waals surface area contributed by atoms with Crippen molar-refractivity contribution < 1.29 is 33.3 Å². The smallest absolute Gasteiger partial charge is 0.408 e. The van der Waals surface area contributed by atoms with Crippen LogP contribution in [-0.4, -0.2) is 50.0 Å². The summed E-state index contributed by atoms with van der Waals surface area (Å²) in [5.74, 6) is -1.69. The van der Waals surface area contributed by atoms with Crippen molar-refractivity contribution in [2.45, 2.75) is 45.1 Å². The molecule has 0 aromatic heterocycles. The Bertz CT molecular complexity index is 610.